The molecule has 2 heterocycles. The van der Waals surface area contributed by atoms with Crippen LogP contribution in [0.5, 0.6) is 0 Å². The molecule has 0 atom stereocenters. The van der Waals surface area contributed by atoms with Crippen molar-refractivity contribution in [2.75, 3.05) is 5.75 Å². The molecule has 0 unspecified atom stereocenters. The number of benzene rings is 2. The van der Waals surface area contributed by atoms with Crippen molar-refractivity contribution in [3.63, 3.8) is 0 Å². The Morgan fingerprint density at radius 1 is 1.00 bits per heavy atom. The van der Waals surface area contributed by atoms with Gasteiger partial charge in [0.25, 0.3) is 0 Å². The first kappa shape index (κ1) is 16.3. The van der Waals surface area contributed by atoms with Crippen LogP contribution in [0.4, 0.5) is 4.39 Å². The van der Waals surface area contributed by atoms with E-state index in [1.807, 2.05) is 42.1 Å². The molecule has 0 spiro atoms. The molecule has 3 aromatic rings. The van der Waals surface area contributed by atoms with E-state index in [-0.39, 0.29) is 22.8 Å². The van der Waals surface area contributed by atoms with Crippen LogP contribution in [0.25, 0.3) is 16.9 Å². The van der Waals surface area contributed by atoms with Crippen LogP contribution >= 0.6 is 11.8 Å². The summed E-state index contributed by atoms with van der Waals surface area (Å²) in [6, 6.07) is 17.1. The second kappa shape index (κ2) is 6.89. The highest BCUT2D eigenvalue weighted by Crippen LogP contribution is 2.30. The largest absolute Gasteiger partial charge is 1.00 e. The summed E-state index contributed by atoms with van der Waals surface area (Å²) < 4.78 is 17.8. The third kappa shape index (κ3) is 3.08. The fourth-order valence-corrected chi connectivity index (χ4v) is 3.95. The third-order valence-corrected chi connectivity index (χ3v) is 5.05. The molecule has 1 aliphatic rings. The van der Waals surface area contributed by atoms with Crippen LogP contribution in [-0.2, 0) is 6.54 Å². The van der Waals surface area contributed by atoms with Crippen LogP contribution in [0.1, 0.15) is 6.42 Å². The molecule has 0 aliphatic carbocycles. The van der Waals surface area contributed by atoms with E-state index < -0.39 is 0 Å². The van der Waals surface area contributed by atoms with Crippen LogP contribution in [0.3, 0.4) is 0 Å². The summed E-state index contributed by atoms with van der Waals surface area (Å²) in [4.78, 5) is 0. The maximum atomic E-state index is 13.3. The maximum absolute atomic E-state index is 13.3. The number of aromatic nitrogens is 2. The van der Waals surface area contributed by atoms with Gasteiger partial charge in [-0.15, -0.1) is 0 Å². The molecular weight excluding hydrogens is 375 g/mol. The van der Waals surface area contributed by atoms with Crippen molar-refractivity contribution in [2.24, 2.45) is 0 Å². The van der Waals surface area contributed by atoms with Gasteiger partial charge in [0.15, 0.2) is 5.69 Å². The first-order chi connectivity index (χ1) is 10.8. The molecule has 4 rings (SSSR count). The van der Waals surface area contributed by atoms with Gasteiger partial charge in [0.2, 0.25) is 0 Å². The first-order valence-electron chi connectivity index (χ1n) is 7.42. The summed E-state index contributed by atoms with van der Waals surface area (Å²) in [7, 11) is 0. The summed E-state index contributed by atoms with van der Waals surface area (Å²) in [6.07, 6.45) is 3.39. The van der Waals surface area contributed by atoms with Crippen molar-refractivity contribution >= 4 is 11.8 Å². The highest BCUT2D eigenvalue weighted by molar-refractivity contribution is 7.99. The van der Waals surface area contributed by atoms with E-state index in [1.165, 1.54) is 29.3 Å². The van der Waals surface area contributed by atoms with Gasteiger partial charge in [0, 0.05) is 11.3 Å². The van der Waals surface area contributed by atoms with Gasteiger partial charge in [-0.1, -0.05) is 30.3 Å². The van der Waals surface area contributed by atoms with Crippen molar-refractivity contribution in [3.8, 4) is 16.9 Å². The lowest BCUT2D eigenvalue weighted by molar-refractivity contribution is -0.734. The smallest absolute Gasteiger partial charge is 0.323 e. The van der Waals surface area contributed by atoms with Crippen LogP contribution in [0.15, 0.2) is 66.0 Å². The number of hydrogen-bond acceptors (Lipinski definition) is 1. The molecule has 0 radical (unpaired) electrons. The molecule has 0 fully saturated rings. The molecule has 1 aromatic heterocycles. The summed E-state index contributed by atoms with van der Waals surface area (Å²) in [5, 5.41) is 1.22. The summed E-state index contributed by atoms with van der Waals surface area (Å²) in [5.41, 5.74) is 3.33. The first-order valence-corrected chi connectivity index (χ1v) is 8.41. The average Bonchev–Trinajstić information content (AvgIpc) is 2.96. The number of nitrogens with zero attached hydrogens (tertiary/aromatic N) is 2. The maximum Gasteiger partial charge on any atom is 0.323 e. The fourth-order valence-electron chi connectivity index (χ4n) is 2.85. The Labute approximate surface area is 149 Å². The monoisotopic (exact) mass is 390 g/mol. The quantitative estimate of drug-likeness (QED) is 0.594. The van der Waals surface area contributed by atoms with Crippen molar-refractivity contribution in [1.29, 1.82) is 0 Å². The zero-order valence-electron chi connectivity index (χ0n) is 12.5. The van der Waals surface area contributed by atoms with Gasteiger partial charge in [-0.3, -0.25) is 0 Å². The third-order valence-electron chi connectivity index (χ3n) is 3.88. The lowest BCUT2D eigenvalue weighted by Gasteiger charge is -2.09. The normalized spacial score (nSPS) is 13.3. The Hall–Kier alpha value is -1.59. The molecule has 118 valence electrons. The molecule has 5 heteroatoms. The SMILES string of the molecule is Fc1ccc(-n2c(-c3ccccc3)c[n+]3c2SCCC3)cc1.[Br-]. The lowest BCUT2D eigenvalue weighted by atomic mass is 10.1. The zero-order chi connectivity index (χ0) is 14.9. The Balaban J connectivity index is 0.00000156. The van der Waals surface area contributed by atoms with E-state index in [2.05, 4.69) is 27.5 Å². The molecule has 2 aromatic carbocycles. The number of aryl methyl sites for hydroxylation is 1. The predicted molar refractivity (Wildman–Crippen MR) is 86.7 cm³/mol. The minimum atomic E-state index is -0.202. The topological polar surface area (TPSA) is 8.81 Å². The van der Waals surface area contributed by atoms with Gasteiger partial charge in [-0.2, -0.15) is 4.57 Å². The summed E-state index contributed by atoms with van der Waals surface area (Å²) in [6.45, 7) is 1.04. The van der Waals surface area contributed by atoms with Crippen LogP contribution < -0.4 is 21.5 Å². The van der Waals surface area contributed by atoms with Crippen LogP contribution in [-0.4, -0.2) is 10.3 Å². The van der Waals surface area contributed by atoms with Gasteiger partial charge in [-0.25, -0.2) is 8.96 Å². The van der Waals surface area contributed by atoms with Crippen molar-refractivity contribution in [1.82, 2.24) is 4.57 Å². The molecule has 23 heavy (non-hydrogen) atoms. The van der Waals surface area contributed by atoms with Crippen molar-refractivity contribution in [3.05, 3.63) is 66.6 Å². The molecule has 0 amide bonds. The second-order valence-corrected chi connectivity index (χ2v) is 6.43. The number of thioether (sulfide) groups is 1. The van der Waals surface area contributed by atoms with Gasteiger partial charge in [-0.05, 0) is 42.4 Å². The molecule has 0 saturated heterocycles. The lowest BCUT2D eigenvalue weighted by Crippen LogP contribution is -3.00. The highest BCUT2D eigenvalue weighted by Gasteiger charge is 2.28. The summed E-state index contributed by atoms with van der Waals surface area (Å²) in [5.74, 6) is 0.922. The number of halogens is 2. The number of hydrogen-bond donors (Lipinski definition) is 0. The minimum absolute atomic E-state index is 0. The Kier molecular flexibility index (Phi) is 4.87. The fraction of sp³-hybridized carbons (Fsp3) is 0.167. The van der Waals surface area contributed by atoms with Crippen LogP contribution in [0.2, 0.25) is 0 Å². The average molecular weight is 391 g/mol. The van der Waals surface area contributed by atoms with Gasteiger partial charge < -0.3 is 17.0 Å². The molecule has 0 bridgehead atoms. The number of rotatable bonds is 2. The standard InChI is InChI=1S/C18H16FN2S.BrH/c19-15-7-9-16(10-8-15)21-17(14-5-2-1-3-6-14)13-20-11-4-12-22-18(20)21;/h1-3,5-10,13H,4,11-12H2;1H/q+1;/p-1. The Morgan fingerprint density at radius 3 is 2.48 bits per heavy atom. The van der Waals surface area contributed by atoms with E-state index in [9.17, 15) is 4.39 Å². The van der Waals surface area contributed by atoms with E-state index >= 15 is 0 Å². The van der Waals surface area contributed by atoms with Crippen LogP contribution in [0, 0.1) is 5.82 Å². The second-order valence-electron chi connectivity index (χ2n) is 5.37. The van der Waals surface area contributed by atoms with E-state index in [4.69, 9.17) is 0 Å². The minimum Gasteiger partial charge on any atom is -1.00 e. The van der Waals surface area contributed by atoms with Gasteiger partial charge in [0.05, 0.1) is 6.54 Å². The highest BCUT2D eigenvalue weighted by atomic mass is 79.9. The van der Waals surface area contributed by atoms with Crippen molar-refractivity contribution < 1.29 is 25.9 Å². The van der Waals surface area contributed by atoms with E-state index in [1.54, 1.807) is 0 Å². The molecule has 1 aliphatic heterocycles. The predicted octanol–water partition coefficient (Wildman–Crippen LogP) is 1.07. The number of fused-ring (bicyclic) bond motifs is 1. The molecule has 0 saturated carbocycles. The number of imidazole rings is 1. The Morgan fingerprint density at radius 2 is 1.74 bits per heavy atom. The molecular formula is C18H16BrFN2S. The molecule has 0 N–H and O–H groups in total. The summed E-state index contributed by atoms with van der Waals surface area (Å²) >= 11 is 1.86. The molecule has 2 nitrogen and oxygen atoms in total. The van der Waals surface area contributed by atoms with Crippen molar-refractivity contribution in [2.45, 2.75) is 18.1 Å². The van der Waals surface area contributed by atoms with E-state index in [0.29, 0.717) is 0 Å². The Bertz CT molecular complexity index is 800. The van der Waals surface area contributed by atoms with Gasteiger partial charge in [0.1, 0.15) is 17.7 Å². The van der Waals surface area contributed by atoms with Gasteiger partial charge >= 0.3 is 5.16 Å². The zero-order valence-corrected chi connectivity index (χ0v) is 14.9. The van der Waals surface area contributed by atoms with E-state index in [0.717, 1.165) is 23.7 Å².